The van der Waals surface area contributed by atoms with Crippen LogP contribution in [0.25, 0.3) is 0 Å². The molecule has 11 nitrogen and oxygen atoms in total. The first-order valence-electron chi connectivity index (χ1n) is 9.77. The maximum absolute atomic E-state index is 12.0. The number of ketones is 2. The molecule has 166 valence electrons. The van der Waals surface area contributed by atoms with Crippen LogP contribution in [0.3, 0.4) is 0 Å². The van der Waals surface area contributed by atoms with Crippen LogP contribution < -0.4 is 10.6 Å². The second kappa shape index (κ2) is 11.0. The zero-order valence-electron chi connectivity index (χ0n) is 16.7. The normalized spacial score (nSPS) is 16.8. The van der Waals surface area contributed by atoms with E-state index in [1.807, 2.05) is 0 Å². The molecule has 2 rings (SSSR count). The Kier molecular flexibility index (Phi) is 8.35. The van der Waals surface area contributed by atoms with E-state index >= 15 is 0 Å². The Morgan fingerprint density at radius 1 is 0.903 bits per heavy atom. The molecule has 1 heterocycles. The predicted molar refractivity (Wildman–Crippen MR) is 104 cm³/mol. The second-order valence-corrected chi connectivity index (χ2v) is 7.11. The average molecular weight is 433 g/mol. The highest BCUT2D eigenvalue weighted by Gasteiger charge is 2.28. The fourth-order valence-corrected chi connectivity index (χ4v) is 3.11. The van der Waals surface area contributed by atoms with Crippen molar-refractivity contribution in [2.24, 2.45) is 5.92 Å². The van der Waals surface area contributed by atoms with Gasteiger partial charge in [-0.3, -0.25) is 33.7 Å². The quantitative estimate of drug-likeness (QED) is 0.257. The van der Waals surface area contributed by atoms with E-state index in [1.54, 1.807) is 0 Å². The first kappa shape index (κ1) is 23.6. The monoisotopic (exact) mass is 433 g/mol. The van der Waals surface area contributed by atoms with E-state index in [0.29, 0.717) is 0 Å². The van der Waals surface area contributed by atoms with Gasteiger partial charge in [0.1, 0.15) is 6.04 Å². The number of carbonyl (C=O) groups excluding carboxylic acids is 6. The van der Waals surface area contributed by atoms with Crippen LogP contribution in [0.5, 0.6) is 0 Å². The van der Waals surface area contributed by atoms with Gasteiger partial charge in [-0.25, -0.2) is 4.79 Å². The highest BCUT2D eigenvalue weighted by Crippen LogP contribution is 2.17. The number of carboxylic acid groups (broad SMARTS) is 1. The number of nitrogens with one attached hydrogen (secondary N) is 2. The number of carboxylic acids is 1. The molecule has 0 fully saturated rings. The summed E-state index contributed by atoms with van der Waals surface area (Å²) in [5, 5.41) is 13.9. The maximum atomic E-state index is 12.0. The van der Waals surface area contributed by atoms with Crippen molar-refractivity contribution in [1.82, 2.24) is 15.5 Å². The molecule has 2 aliphatic rings. The lowest BCUT2D eigenvalue weighted by Gasteiger charge is -2.16. The molecular weight excluding hydrogens is 410 g/mol. The molecule has 0 aromatic rings. The van der Waals surface area contributed by atoms with Gasteiger partial charge >= 0.3 is 5.97 Å². The Hall–Kier alpha value is -3.63. The summed E-state index contributed by atoms with van der Waals surface area (Å²) in [7, 11) is 0. The largest absolute Gasteiger partial charge is 0.480 e. The van der Waals surface area contributed by atoms with E-state index in [1.165, 1.54) is 12.2 Å². The molecule has 3 N–H and O–H groups in total. The van der Waals surface area contributed by atoms with E-state index in [0.717, 1.165) is 17.1 Å². The van der Waals surface area contributed by atoms with Crippen molar-refractivity contribution < 1.29 is 38.7 Å². The zero-order valence-corrected chi connectivity index (χ0v) is 16.7. The van der Waals surface area contributed by atoms with Crippen molar-refractivity contribution in [3.8, 4) is 0 Å². The Morgan fingerprint density at radius 3 is 2.06 bits per heavy atom. The van der Waals surface area contributed by atoms with Gasteiger partial charge in [0.25, 0.3) is 11.8 Å². The van der Waals surface area contributed by atoms with Crippen LogP contribution in [-0.4, -0.2) is 70.3 Å². The van der Waals surface area contributed by atoms with E-state index < -0.39 is 41.6 Å². The summed E-state index contributed by atoms with van der Waals surface area (Å²) in [5.74, 6) is -4.65. The molecule has 0 aromatic heterocycles. The molecule has 31 heavy (non-hydrogen) atoms. The van der Waals surface area contributed by atoms with Crippen molar-refractivity contribution in [3.63, 3.8) is 0 Å². The van der Waals surface area contributed by atoms with Crippen molar-refractivity contribution in [3.05, 3.63) is 24.3 Å². The summed E-state index contributed by atoms with van der Waals surface area (Å²) in [5.41, 5.74) is 0. The van der Waals surface area contributed by atoms with E-state index in [2.05, 4.69) is 10.6 Å². The number of hydrogen-bond donors (Lipinski definition) is 3. The zero-order chi connectivity index (χ0) is 23.0. The molecule has 1 aliphatic heterocycles. The number of allylic oxidation sites excluding steroid dienone is 2. The molecule has 11 heteroatoms. The Bertz CT molecular complexity index is 824. The fourth-order valence-electron chi connectivity index (χ4n) is 3.11. The highest BCUT2D eigenvalue weighted by atomic mass is 16.4. The van der Waals surface area contributed by atoms with Crippen molar-refractivity contribution in [2.45, 2.75) is 38.1 Å². The fraction of sp³-hybridized carbons (Fsp3) is 0.450. The molecule has 0 saturated heterocycles. The standard InChI is InChI=1S/C20H23N3O8/c24-14-6-7-15(25)12(14)3-1-4-16(26)21-11-13(20(30)31)22-17(27)5-2-10-23-18(28)8-9-19(23)29/h6-9,12-13H,1-5,10-11H2,(H,21,26)(H,22,27)(H,30,31)/t13-/m0/s1. The minimum atomic E-state index is -1.35. The number of hydrogen-bond acceptors (Lipinski definition) is 7. The van der Waals surface area contributed by atoms with Crippen LogP contribution in [0.2, 0.25) is 0 Å². The molecule has 0 aromatic carbocycles. The van der Waals surface area contributed by atoms with Crippen molar-refractivity contribution >= 4 is 41.2 Å². The van der Waals surface area contributed by atoms with E-state index in [-0.39, 0.29) is 56.8 Å². The van der Waals surface area contributed by atoms with Crippen LogP contribution in [-0.2, 0) is 33.6 Å². The highest BCUT2D eigenvalue weighted by molar-refractivity contribution is 6.18. The van der Waals surface area contributed by atoms with Crippen LogP contribution >= 0.6 is 0 Å². The van der Waals surface area contributed by atoms with Gasteiger partial charge in [0.05, 0.1) is 5.92 Å². The third kappa shape index (κ3) is 6.98. The summed E-state index contributed by atoms with van der Waals surface area (Å²) in [6, 6.07) is -1.35. The molecule has 0 spiro atoms. The average Bonchev–Trinajstić information content (AvgIpc) is 3.20. The van der Waals surface area contributed by atoms with Crippen LogP contribution in [0.15, 0.2) is 24.3 Å². The molecular formula is C20H23N3O8. The van der Waals surface area contributed by atoms with Crippen LogP contribution in [0.4, 0.5) is 0 Å². The van der Waals surface area contributed by atoms with Gasteiger partial charge in [-0.2, -0.15) is 0 Å². The molecule has 4 amide bonds. The Morgan fingerprint density at radius 2 is 1.48 bits per heavy atom. The third-order valence-electron chi connectivity index (χ3n) is 4.82. The summed E-state index contributed by atoms with van der Waals surface area (Å²) in [4.78, 5) is 82.0. The number of carbonyl (C=O) groups is 7. The summed E-state index contributed by atoms with van der Waals surface area (Å²) in [6.07, 6.45) is 5.26. The predicted octanol–water partition coefficient (Wildman–Crippen LogP) is -1.13. The SMILES string of the molecule is O=C(CCCC1C(=O)C=CC1=O)NC[C@H](NC(=O)CCCN1C(=O)C=CC1=O)C(=O)O. The van der Waals surface area contributed by atoms with Crippen LogP contribution in [0.1, 0.15) is 32.1 Å². The number of imide groups is 1. The minimum Gasteiger partial charge on any atom is -0.480 e. The second-order valence-electron chi connectivity index (χ2n) is 7.11. The van der Waals surface area contributed by atoms with Gasteiger partial charge in [-0.05, 0) is 31.4 Å². The minimum absolute atomic E-state index is 0.00325. The Labute approximate surface area is 177 Å². The molecule has 0 bridgehead atoms. The molecule has 0 radical (unpaired) electrons. The Balaban J connectivity index is 1.66. The lowest BCUT2D eigenvalue weighted by molar-refractivity contribution is -0.141. The van der Waals surface area contributed by atoms with Gasteiger partial charge < -0.3 is 15.7 Å². The number of nitrogens with zero attached hydrogens (tertiary/aromatic N) is 1. The van der Waals surface area contributed by atoms with Gasteiger partial charge in [0.2, 0.25) is 11.8 Å². The summed E-state index contributed by atoms with van der Waals surface area (Å²) >= 11 is 0. The summed E-state index contributed by atoms with van der Waals surface area (Å²) < 4.78 is 0. The summed E-state index contributed by atoms with van der Waals surface area (Å²) in [6.45, 7) is -0.302. The molecule has 1 atom stereocenters. The number of amides is 4. The third-order valence-corrected chi connectivity index (χ3v) is 4.82. The van der Waals surface area contributed by atoms with Gasteiger partial charge in [-0.15, -0.1) is 0 Å². The van der Waals surface area contributed by atoms with E-state index in [9.17, 15) is 38.7 Å². The molecule has 1 aliphatic carbocycles. The van der Waals surface area contributed by atoms with Gasteiger partial charge in [0, 0.05) is 38.1 Å². The smallest absolute Gasteiger partial charge is 0.328 e. The lowest BCUT2D eigenvalue weighted by atomic mass is 9.98. The first-order valence-corrected chi connectivity index (χ1v) is 9.77. The van der Waals surface area contributed by atoms with Gasteiger partial charge in [-0.1, -0.05) is 0 Å². The molecule has 0 unspecified atom stereocenters. The number of aliphatic carboxylic acids is 1. The number of rotatable bonds is 12. The van der Waals surface area contributed by atoms with Crippen LogP contribution in [0, 0.1) is 5.92 Å². The first-order chi connectivity index (χ1) is 14.7. The molecule has 0 saturated carbocycles. The maximum Gasteiger partial charge on any atom is 0.328 e. The topological polar surface area (TPSA) is 167 Å². The lowest BCUT2D eigenvalue weighted by Crippen LogP contribution is -2.48. The van der Waals surface area contributed by atoms with E-state index in [4.69, 9.17) is 0 Å². The van der Waals surface area contributed by atoms with Gasteiger partial charge in [0.15, 0.2) is 11.6 Å². The van der Waals surface area contributed by atoms with Crippen molar-refractivity contribution in [2.75, 3.05) is 13.1 Å². The van der Waals surface area contributed by atoms with Crippen molar-refractivity contribution in [1.29, 1.82) is 0 Å².